The molecular formula is C20H15N3O4S2. The molecule has 0 spiro atoms. The maximum Gasteiger partial charge on any atom is 0.265 e. The predicted molar refractivity (Wildman–Crippen MR) is 113 cm³/mol. The van der Waals surface area contributed by atoms with Gasteiger partial charge in [0.2, 0.25) is 6.79 Å². The van der Waals surface area contributed by atoms with Gasteiger partial charge < -0.3 is 19.8 Å². The first-order valence-corrected chi connectivity index (χ1v) is 10.1. The van der Waals surface area contributed by atoms with E-state index in [9.17, 15) is 9.59 Å². The highest BCUT2D eigenvalue weighted by Gasteiger charge is 2.21. The Bertz CT molecular complexity index is 1400. The van der Waals surface area contributed by atoms with Crippen LogP contribution in [0.25, 0.3) is 16.6 Å². The second kappa shape index (κ2) is 6.71. The molecule has 2 aromatic carbocycles. The van der Waals surface area contributed by atoms with Crippen molar-refractivity contribution < 1.29 is 14.3 Å². The van der Waals surface area contributed by atoms with Crippen LogP contribution in [0.1, 0.15) is 20.8 Å². The van der Waals surface area contributed by atoms with Gasteiger partial charge in [-0.3, -0.25) is 14.0 Å². The zero-order chi connectivity index (χ0) is 20.1. The summed E-state index contributed by atoms with van der Waals surface area (Å²) in [7, 11) is 0. The Morgan fingerprint density at radius 2 is 1.97 bits per heavy atom. The first-order valence-electron chi connectivity index (χ1n) is 8.86. The second-order valence-electron chi connectivity index (χ2n) is 6.73. The molecule has 0 saturated carbocycles. The Kier molecular flexibility index (Phi) is 4.14. The molecule has 2 N–H and O–H groups in total. The van der Waals surface area contributed by atoms with Crippen molar-refractivity contribution in [2.45, 2.75) is 13.5 Å². The quantitative estimate of drug-likeness (QED) is 0.491. The van der Waals surface area contributed by atoms with E-state index in [-0.39, 0.29) is 18.3 Å². The summed E-state index contributed by atoms with van der Waals surface area (Å²) in [6.45, 7) is 2.50. The number of thiazole rings is 1. The highest BCUT2D eigenvalue weighted by molar-refractivity contribution is 7.73. The van der Waals surface area contributed by atoms with Crippen LogP contribution in [-0.4, -0.2) is 22.1 Å². The van der Waals surface area contributed by atoms with Gasteiger partial charge in [-0.15, -0.1) is 0 Å². The molecule has 0 unspecified atom stereocenters. The standard InChI is InChI=1S/C20H15N3O4S2/c1-10-2-4-11(5-3-10)8-21-19(25)16-17-22-18(24)12-6-14-15(27-9-26-14)7-13(12)23(17)20(28)29-16/h2-7H,8-9H2,1H3,(H,21,25)(H,22,24). The van der Waals surface area contributed by atoms with Crippen molar-refractivity contribution in [1.29, 1.82) is 0 Å². The molecule has 7 nitrogen and oxygen atoms in total. The largest absolute Gasteiger partial charge is 0.454 e. The molecule has 0 fully saturated rings. The number of aromatic nitrogens is 2. The third-order valence-corrected chi connectivity index (χ3v) is 6.17. The number of nitrogens with zero attached hydrogens (tertiary/aromatic N) is 1. The predicted octanol–water partition coefficient (Wildman–Crippen LogP) is 3.54. The maximum absolute atomic E-state index is 12.8. The molecule has 0 aliphatic carbocycles. The Hall–Kier alpha value is -3.17. The molecule has 1 amide bonds. The molecule has 0 atom stereocenters. The number of carbonyl (C=O) groups is 1. The van der Waals surface area contributed by atoms with E-state index in [1.54, 1.807) is 16.5 Å². The lowest BCUT2D eigenvalue weighted by atomic mass is 10.1. The highest BCUT2D eigenvalue weighted by Crippen LogP contribution is 2.36. The Morgan fingerprint density at radius 3 is 2.72 bits per heavy atom. The van der Waals surface area contributed by atoms with Crippen LogP contribution in [-0.2, 0) is 6.54 Å². The number of aryl methyl sites for hydroxylation is 1. The summed E-state index contributed by atoms with van der Waals surface area (Å²) in [6, 6.07) is 11.3. The van der Waals surface area contributed by atoms with E-state index < -0.39 is 0 Å². The molecule has 4 aromatic rings. The SMILES string of the molecule is Cc1ccc(CNC(=O)c2sc(=S)n3c2[nH]c(=O)c2cc4c(cc23)OCO4)cc1. The molecule has 3 heterocycles. The number of hydrogen-bond acceptors (Lipinski definition) is 6. The van der Waals surface area contributed by atoms with E-state index in [1.807, 2.05) is 31.2 Å². The minimum absolute atomic E-state index is 0.106. The molecule has 0 saturated heterocycles. The van der Waals surface area contributed by atoms with Gasteiger partial charge in [0.25, 0.3) is 11.5 Å². The van der Waals surface area contributed by atoms with Crippen LogP contribution in [0.4, 0.5) is 0 Å². The molecule has 9 heteroatoms. The fraction of sp³-hybridized carbons (Fsp3) is 0.150. The van der Waals surface area contributed by atoms with Crippen LogP contribution in [0.15, 0.2) is 41.2 Å². The second-order valence-corrected chi connectivity index (χ2v) is 8.37. The van der Waals surface area contributed by atoms with Gasteiger partial charge in [-0.25, -0.2) is 0 Å². The minimum Gasteiger partial charge on any atom is -0.454 e. The fourth-order valence-corrected chi connectivity index (χ4v) is 4.60. The highest BCUT2D eigenvalue weighted by atomic mass is 32.1. The van der Waals surface area contributed by atoms with Crippen molar-refractivity contribution in [3.63, 3.8) is 0 Å². The normalized spacial score (nSPS) is 12.6. The number of benzene rings is 2. The molecule has 0 bridgehead atoms. The lowest BCUT2D eigenvalue weighted by Crippen LogP contribution is -2.23. The van der Waals surface area contributed by atoms with Gasteiger partial charge in [-0.1, -0.05) is 41.2 Å². The van der Waals surface area contributed by atoms with E-state index in [0.29, 0.717) is 43.4 Å². The van der Waals surface area contributed by atoms with Crippen molar-refractivity contribution in [2.75, 3.05) is 6.79 Å². The monoisotopic (exact) mass is 425 g/mol. The summed E-state index contributed by atoms with van der Waals surface area (Å²) in [5, 5.41) is 3.31. The van der Waals surface area contributed by atoms with Crippen LogP contribution in [0.3, 0.4) is 0 Å². The van der Waals surface area contributed by atoms with Crippen molar-refractivity contribution in [3.05, 3.63) is 66.7 Å². The van der Waals surface area contributed by atoms with Crippen LogP contribution in [0.5, 0.6) is 11.5 Å². The fourth-order valence-electron chi connectivity index (χ4n) is 3.30. The molecule has 1 aliphatic heterocycles. The molecule has 1 aliphatic rings. The smallest absolute Gasteiger partial charge is 0.265 e. The zero-order valence-corrected chi connectivity index (χ0v) is 16.9. The average Bonchev–Trinajstić information content (AvgIpc) is 3.30. The van der Waals surface area contributed by atoms with Crippen molar-refractivity contribution in [3.8, 4) is 11.5 Å². The Morgan fingerprint density at radius 1 is 1.24 bits per heavy atom. The minimum atomic E-state index is -0.321. The zero-order valence-electron chi connectivity index (χ0n) is 15.3. The summed E-state index contributed by atoms with van der Waals surface area (Å²) < 4.78 is 12.9. The third kappa shape index (κ3) is 2.99. The lowest BCUT2D eigenvalue weighted by Gasteiger charge is -2.06. The van der Waals surface area contributed by atoms with E-state index in [1.165, 1.54) is 0 Å². The summed E-state index contributed by atoms with van der Waals surface area (Å²) in [4.78, 5) is 28.6. The number of carbonyl (C=O) groups excluding carboxylic acids is 1. The Labute approximate surface area is 173 Å². The van der Waals surface area contributed by atoms with Crippen LogP contribution in [0, 0.1) is 10.9 Å². The summed E-state index contributed by atoms with van der Waals surface area (Å²) >= 11 is 6.65. The number of nitrogens with one attached hydrogen (secondary N) is 2. The van der Waals surface area contributed by atoms with Gasteiger partial charge >= 0.3 is 0 Å². The number of rotatable bonds is 3. The number of hydrogen-bond donors (Lipinski definition) is 2. The van der Waals surface area contributed by atoms with E-state index >= 15 is 0 Å². The number of fused-ring (bicyclic) bond motifs is 4. The molecule has 5 rings (SSSR count). The van der Waals surface area contributed by atoms with Crippen LogP contribution < -0.4 is 20.3 Å². The van der Waals surface area contributed by atoms with Crippen LogP contribution in [0.2, 0.25) is 0 Å². The van der Waals surface area contributed by atoms with Gasteiger partial charge in [0, 0.05) is 12.6 Å². The van der Waals surface area contributed by atoms with Gasteiger partial charge in [0.05, 0.1) is 10.9 Å². The first-order chi connectivity index (χ1) is 14.0. The van der Waals surface area contributed by atoms with Gasteiger partial charge in [0.1, 0.15) is 10.5 Å². The number of H-pyrrole nitrogens is 1. The number of amides is 1. The van der Waals surface area contributed by atoms with E-state index in [4.69, 9.17) is 21.7 Å². The summed E-state index contributed by atoms with van der Waals surface area (Å²) in [5.74, 6) is 0.767. The van der Waals surface area contributed by atoms with E-state index in [0.717, 1.165) is 22.5 Å². The van der Waals surface area contributed by atoms with E-state index in [2.05, 4.69) is 10.3 Å². The topological polar surface area (TPSA) is 84.8 Å². The van der Waals surface area contributed by atoms with Crippen LogP contribution >= 0.6 is 23.6 Å². The summed E-state index contributed by atoms with van der Waals surface area (Å²) in [6.07, 6.45) is 0. The molecule has 0 radical (unpaired) electrons. The summed E-state index contributed by atoms with van der Waals surface area (Å²) in [5.41, 5.74) is 2.77. The number of ether oxygens (including phenoxy) is 2. The van der Waals surface area contributed by atoms with Crippen molar-refractivity contribution >= 4 is 46.0 Å². The third-order valence-electron chi connectivity index (χ3n) is 4.80. The van der Waals surface area contributed by atoms with Gasteiger partial charge in [0.15, 0.2) is 15.5 Å². The maximum atomic E-state index is 12.8. The van der Waals surface area contributed by atoms with Crippen molar-refractivity contribution in [1.82, 2.24) is 14.7 Å². The van der Waals surface area contributed by atoms with Gasteiger partial charge in [-0.05, 0) is 30.8 Å². The molecule has 29 heavy (non-hydrogen) atoms. The lowest BCUT2D eigenvalue weighted by molar-refractivity contribution is 0.0956. The van der Waals surface area contributed by atoms with Crippen molar-refractivity contribution in [2.24, 2.45) is 0 Å². The molecular weight excluding hydrogens is 410 g/mol. The Balaban J connectivity index is 1.58. The molecule has 146 valence electrons. The average molecular weight is 425 g/mol. The molecule has 2 aromatic heterocycles. The number of aromatic amines is 1. The first kappa shape index (κ1) is 17.9. The van der Waals surface area contributed by atoms with Gasteiger partial charge in [-0.2, -0.15) is 0 Å².